The maximum absolute atomic E-state index is 12.8. The fourth-order valence-electron chi connectivity index (χ4n) is 3.88. The summed E-state index contributed by atoms with van der Waals surface area (Å²) >= 11 is 0. The number of H-pyrrole nitrogens is 1. The predicted octanol–water partition coefficient (Wildman–Crippen LogP) is 3.19. The molecule has 2 aromatic heterocycles. The number of nitrogens with one attached hydrogen (secondary N) is 2. The molecule has 26 heavy (non-hydrogen) atoms. The van der Waals surface area contributed by atoms with E-state index in [1.165, 1.54) is 0 Å². The second kappa shape index (κ2) is 6.89. The van der Waals surface area contributed by atoms with E-state index >= 15 is 0 Å². The van der Waals surface area contributed by atoms with Gasteiger partial charge in [0, 0.05) is 23.0 Å². The van der Waals surface area contributed by atoms with E-state index in [-0.39, 0.29) is 17.4 Å². The van der Waals surface area contributed by atoms with Crippen molar-refractivity contribution in [2.75, 3.05) is 0 Å². The van der Waals surface area contributed by atoms with Gasteiger partial charge in [-0.25, -0.2) is 0 Å². The number of carbonyl (C=O) groups excluding carboxylic acids is 1. The van der Waals surface area contributed by atoms with Gasteiger partial charge in [0.2, 0.25) is 0 Å². The Bertz CT molecular complexity index is 796. The second-order valence-electron chi connectivity index (χ2n) is 8.82. The van der Waals surface area contributed by atoms with E-state index < -0.39 is 0 Å². The lowest BCUT2D eigenvalue weighted by molar-refractivity contribution is 0.0928. The number of hydrogen-bond donors (Lipinski definition) is 2. The van der Waals surface area contributed by atoms with Crippen LogP contribution in [0, 0.1) is 25.2 Å². The first-order valence-corrected chi connectivity index (χ1v) is 9.53. The molecule has 0 radical (unpaired) electrons. The van der Waals surface area contributed by atoms with Crippen LogP contribution in [0.15, 0.2) is 6.07 Å². The molecule has 6 heteroatoms. The fourth-order valence-corrected chi connectivity index (χ4v) is 3.88. The van der Waals surface area contributed by atoms with Crippen molar-refractivity contribution in [3.05, 3.63) is 34.4 Å². The highest BCUT2D eigenvalue weighted by atomic mass is 16.2. The van der Waals surface area contributed by atoms with Crippen LogP contribution in [-0.2, 0) is 19.4 Å². The van der Waals surface area contributed by atoms with Crippen molar-refractivity contribution >= 4 is 5.91 Å². The number of amides is 1. The van der Waals surface area contributed by atoms with Gasteiger partial charge < -0.3 is 5.32 Å². The number of nitrogens with zero attached hydrogens (tertiary/aromatic N) is 3. The molecular weight excluding hydrogens is 326 g/mol. The minimum absolute atomic E-state index is 0.0187. The maximum Gasteiger partial charge on any atom is 0.272 e. The normalized spacial score (nSPS) is 18.5. The van der Waals surface area contributed by atoms with Gasteiger partial charge in [-0.2, -0.15) is 10.2 Å². The third-order valence-corrected chi connectivity index (χ3v) is 5.51. The zero-order valence-electron chi connectivity index (χ0n) is 16.8. The number of aromatic amines is 1. The van der Waals surface area contributed by atoms with Crippen molar-refractivity contribution in [3.63, 3.8) is 0 Å². The summed E-state index contributed by atoms with van der Waals surface area (Å²) in [5.74, 6) is 0.484. The third kappa shape index (κ3) is 3.84. The molecule has 0 spiro atoms. The van der Waals surface area contributed by atoms with Crippen LogP contribution in [0.2, 0.25) is 0 Å². The summed E-state index contributed by atoms with van der Waals surface area (Å²) in [6, 6.07) is 2.03. The number of aryl methyl sites for hydroxylation is 3. The lowest BCUT2D eigenvalue weighted by Gasteiger charge is -2.33. The van der Waals surface area contributed by atoms with Gasteiger partial charge in [0.1, 0.15) is 0 Å². The average Bonchev–Trinajstić information content (AvgIpc) is 3.08. The molecule has 1 aliphatic carbocycles. The summed E-state index contributed by atoms with van der Waals surface area (Å²) in [6.07, 6.45) is 3.04. The molecular formula is C20H31N5O. The van der Waals surface area contributed by atoms with Gasteiger partial charge in [0.25, 0.3) is 5.91 Å². The second-order valence-corrected chi connectivity index (χ2v) is 8.82. The Morgan fingerprint density at radius 2 is 2.15 bits per heavy atom. The van der Waals surface area contributed by atoms with Crippen LogP contribution >= 0.6 is 0 Å². The van der Waals surface area contributed by atoms with Gasteiger partial charge in [-0.3, -0.25) is 14.6 Å². The first kappa shape index (κ1) is 18.7. The Morgan fingerprint density at radius 1 is 1.42 bits per heavy atom. The zero-order chi connectivity index (χ0) is 19.1. The largest absolute Gasteiger partial charge is 0.346 e. The van der Waals surface area contributed by atoms with Crippen molar-refractivity contribution in [1.82, 2.24) is 25.3 Å². The van der Waals surface area contributed by atoms with Crippen LogP contribution in [0.3, 0.4) is 0 Å². The lowest BCUT2D eigenvalue weighted by Crippen LogP contribution is -2.37. The lowest BCUT2D eigenvalue weighted by atomic mass is 9.71. The first-order valence-electron chi connectivity index (χ1n) is 9.53. The molecule has 0 saturated carbocycles. The van der Waals surface area contributed by atoms with E-state index in [0.29, 0.717) is 18.2 Å². The summed E-state index contributed by atoms with van der Waals surface area (Å²) < 4.78 is 1.94. The zero-order valence-corrected chi connectivity index (χ0v) is 16.8. The number of fused-ring (bicyclic) bond motifs is 1. The van der Waals surface area contributed by atoms with E-state index in [0.717, 1.165) is 41.9 Å². The summed E-state index contributed by atoms with van der Waals surface area (Å²) in [5, 5.41) is 15.0. The van der Waals surface area contributed by atoms with Gasteiger partial charge in [-0.15, -0.1) is 0 Å². The van der Waals surface area contributed by atoms with Crippen LogP contribution in [0.5, 0.6) is 0 Å². The molecule has 0 fully saturated rings. The summed E-state index contributed by atoms with van der Waals surface area (Å²) in [5.41, 5.74) is 5.14. The average molecular weight is 358 g/mol. The summed E-state index contributed by atoms with van der Waals surface area (Å²) in [4.78, 5) is 12.8. The van der Waals surface area contributed by atoms with Gasteiger partial charge in [-0.1, -0.05) is 20.8 Å². The molecule has 6 nitrogen and oxygen atoms in total. The van der Waals surface area contributed by atoms with Crippen LogP contribution in [0.25, 0.3) is 0 Å². The standard InChI is InChI=1S/C20H31N5O/c1-12-9-14(3)25(24-12)11-13(2)21-19(26)18-16-10-15(20(4,5)6)7-8-17(16)22-23-18/h9,13,15H,7-8,10-11H2,1-6H3,(H,21,26)(H,22,23)/t13-,15+/m0/s1. The Kier molecular flexibility index (Phi) is 4.95. The molecule has 142 valence electrons. The Balaban J connectivity index is 1.69. The Hall–Kier alpha value is -2.11. The van der Waals surface area contributed by atoms with Crippen molar-refractivity contribution in [3.8, 4) is 0 Å². The van der Waals surface area contributed by atoms with Crippen LogP contribution in [-0.4, -0.2) is 31.9 Å². The molecule has 2 atom stereocenters. The quantitative estimate of drug-likeness (QED) is 0.882. The minimum Gasteiger partial charge on any atom is -0.346 e. The number of hydrogen-bond acceptors (Lipinski definition) is 3. The SMILES string of the molecule is Cc1cc(C)n(C[C@H](C)NC(=O)c2n[nH]c3c2C[C@H](C(C)(C)C)CC3)n1. The van der Waals surface area contributed by atoms with Crippen molar-refractivity contribution < 1.29 is 4.79 Å². The van der Waals surface area contributed by atoms with Crippen molar-refractivity contribution in [2.24, 2.45) is 11.3 Å². The van der Waals surface area contributed by atoms with E-state index in [4.69, 9.17) is 0 Å². The minimum atomic E-state index is -0.0916. The van der Waals surface area contributed by atoms with Crippen molar-refractivity contribution in [1.29, 1.82) is 0 Å². The number of rotatable bonds is 4. The van der Waals surface area contributed by atoms with Crippen molar-refractivity contribution in [2.45, 2.75) is 73.4 Å². The molecule has 0 saturated heterocycles. The number of carbonyl (C=O) groups is 1. The van der Waals surface area contributed by atoms with Gasteiger partial charge in [-0.05, 0) is 57.4 Å². The molecule has 1 aliphatic rings. The van der Waals surface area contributed by atoms with Crippen LogP contribution < -0.4 is 5.32 Å². The Morgan fingerprint density at radius 3 is 2.77 bits per heavy atom. The summed E-state index contributed by atoms with van der Waals surface area (Å²) in [6.45, 7) is 13.5. The number of aromatic nitrogens is 4. The maximum atomic E-state index is 12.8. The van der Waals surface area contributed by atoms with Gasteiger partial charge >= 0.3 is 0 Å². The molecule has 2 aromatic rings. The molecule has 0 unspecified atom stereocenters. The van der Waals surface area contributed by atoms with E-state index in [2.05, 4.69) is 41.4 Å². The molecule has 2 N–H and O–H groups in total. The first-order chi connectivity index (χ1) is 12.1. The molecule has 0 aliphatic heterocycles. The monoisotopic (exact) mass is 357 g/mol. The molecule has 0 bridgehead atoms. The molecule has 2 heterocycles. The van der Waals surface area contributed by atoms with E-state index in [1.807, 2.05) is 31.5 Å². The fraction of sp³-hybridized carbons (Fsp3) is 0.650. The predicted molar refractivity (Wildman–Crippen MR) is 102 cm³/mol. The highest BCUT2D eigenvalue weighted by Gasteiger charge is 2.32. The molecule has 3 rings (SSSR count). The highest BCUT2D eigenvalue weighted by molar-refractivity contribution is 5.94. The highest BCUT2D eigenvalue weighted by Crippen LogP contribution is 2.37. The topological polar surface area (TPSA) is 75.6 Å². The van der Waals surface area contributed by atoms with Gasteiger partial charge in [0.15, 0.2) is 5.69 Å². The van der Waals surface area contributed by atoms with Crippen LogP contribution in [0.4, 0.5) is 0 Å². The molecule has 0 aromatic carbocycles. The third-order valence-electron chi connectivity index (χ3n) is 5.51. The summed E-state index contributed by atoms with van der Waals surface area (Å²) in [7, 11) is 0. The van der Waals surface area contributed by atoms with E-state index in [1.54, 1.807) is 0 Å². The Labute approximate surface area is 155 Å². The smallest absolute Gasteiger partial charge is 0.272 e. The van der Waals surface area contributed by atoms with E-state index in [9.17, 15) is 4.79 Å². The van der Waals surface area contributed by atoms with Gasteiger partial charge in [0.05, 0.1) is 12.2 Å². The molecule has 1 amide bonds. The van der Waals surface area contributed by atoms with Crippen LogP contribution in [0.1, 0.15) is 67.2 Å².